The molecule has 1 amide bonds. The molecule has 3 nitrogen and oxygen atoms in total. The lowest BCUT2D eigenvalue weighted by molar-refractivity contribution is -0.132. The molecular formula is C12H22N2O. The van der Waals surface area contributed by atoms with Gasteiger partial charge in [0.15, 0.2) is 0 Å². The second kappa shape index (κ2) is 4.12. The maximum atomic E-state index is 12.1. The van der Waals surface area contributed by atoms with Gasteiger partial charge >= 0.3 is 0 Å². The van der Waals surface area contributed by atoms with Gasteiger partial charge in [0.25, 0.3) is 0 Å². The molecule has 1 aliphatic heterocycles. The Morgan fingerprint density at radius 1 is 1.33 bits per heavy atom. The topological polar surface area (TPSA) is 32.3 Å². The standard InChI is InChI=1S/C12H22N2O/c1-8(2)11-12(15)14(7-13-11)9(3)10-5-4-6-10/h8-11,13H,4-7H2,1-3H3. The number of hydrogen-bond donors (Lipinski definition) is 1. The molecule has 0 bridgehead atoms. The molecule has 86 valence electrons. The Labute approximate surface area is 92.2 Å². The molecule has 1 N–H and O–H groups in total. The minimum absolute atomic E-state index is 0.0486. The average Bonchev–Trinajstić information content (AvgIpc) is 2.43. The Bertz CT molecular complexity index is 248. The van der Waals surface area contributed by atoms with Crippen molar-refractivity contribution in [1.29, 1.82) is 0 Å². The number of hydrogen-bond acceptors (Lipinski definition) is 2. The van der Waals surface area contributed by atoms with E-state index in [0.717, 1.165) is 12.6 Å². The molecule has 1 saturated heterocycles. The van der Waals surface area contributed by atoms with Gasteiger partial charge in [-0.15, -0.1) is 0 Å². The van der Waals surface area contributed by atoms with E-state index in [2.05, 4.69) is 26.1 Å². The van der Waals surface area contributed by atoms with Crippen molar-refractivity contribution in [2.45, 2.75) is 52.1 Å². The predicted octanol–water partition coefficient (Wildman–Crippen LogP) is 1.59. The van der Waals surface area contributed by atoms with E-state index in [1.807, 2.05) is 4.90 Å². The maximum Gasteiger partial charge on any atom is 0.241 e. The van der Waals surface area contributed by atoms with Crippen LogP contribution in [-0.2, 0) is 4.79 Å². The molecule has 0 radical (unpaired) electrons. The summed E-state index contributed by atoms with van der Waals surface area (Å²) in [4.78, 5) is 14.1. The van der Waals surface area contributed by atoms with Crippen LogP contribution in [0.25, 0.3) is 0 Å². The van der Waals surface area contributed by atoms with E-state index in [-0.39, 0.29) is 6.04 Å². The van der Waals surface area contributed by atoms with E-state index in [1.165, 1.54) is 19.3 Å². The molecule has 3 heteroatoms. The summed E-state index contributed by atoms with van der Waals surface area (Å²) < 4.78 is 0. The van der Waals surface area contributed by atoms with Crippen LogP contribution in [0.5, 0.6) is 0 Å². The fourth-order valence-corrected chi connectivity index (χ4v) is 2.58. The zero-order valence-corrected chi connectivity index (χ0v) is 9.99. The van der Waals surface area contributed by atoms with Gasteiger partial charge in [-0.1, -0.05) is 20.3 Å². The second-order valence-corrected chi connectivity index (χ2v) is 5.32. The first kappa shape index (κ1) is 10.9. The van der Waals surface area contributed by atoms with Gasteiger partial charge in [0.1, 0.15) is 0 Å². The first-order valence-electron chi connectivity index (χ1n) is 6.15. The third-order valence-electron chi connectivity index (χ3n) is 4.02. The third-order valence-corrected chi connectivity index (χ3v) is 4.02. The van der Waals surface area contributed by atoms with Gasteiger partial charge in [0, 0.05) is 6.04 Å². The van der Waals surface area contributed by atoms with Gasteiger partial charge in [-0.2, -0.15) is 0 Å². The molecule has 0 aromatic carbocycles. The normalized spacial score (nSPS) is 29.7. The summed E-state index contributed by atoms with van der Waals surface area (Å²) in [7, 11) is 0. The highest BCUT2D eigenvalue weighted by molar-refractivity contribution is 5.84. The first-order chi connectivity index (χ1) is 7.11. The molecule has 1 aliphatic carbocycles. The van der Waals surface area contributed by atoms with Gasteiger partial charge in [-0.05, 0) is 31.6 Å². The van der Waals surface area contributed by atoms with Crippen molar-refractivity contribution in [2.75, 3.05) is 6.67 Å². The number of carbonyl (C=O) groups is 1. The van der Waals surface area contributed by atoms with E-state index in [1.54, 1.807) is 0 Å². The Morgan fingerprint density at radius 3 is 2.40 bits per heavy atom. The van der Waals surface area contributed by atoms with Crippen LogP contribution in [0, 0.1) is 11.8 Å². The molecule has 2 atom stereocenters. The summed E-state index contributed by atoms with van der Waals surface area (Å²) in [5, 5.41) is 3.32. The van der Waals surface area contributed by atoms with E-state index < -0.39 is 0 Å². The summed E-state index contributed by atoms with van der Waals surface area (Å²) in [5.74, 6) is 1.46. The lowest BCUT2D eigenvalue weighted by atomic mass is 9.80. The molecule has 2 fully saturated rings. The van der Waals surface area contributed by atoms with E-state index >= 15 is 0 Å². The highest BCUT2D eigenvalue weighted by Crippen LogP contribution is 2.33. The maximum absolute atomic E-state index is 12.1. The van der Waals surface area contributed by atoms with Crippen LogP contribution in [0.4, 0.5) is 0 Å². The molecular weight excluding hydrogens is 188 g/mol. The highest BCUT2D eigenvalue weighted by atomic mass is 16.2. The van der Waals surface area contributed by atoms with Crippen LogP contribution < -0.4 is 5.32 Å². The Kier molecular flexibility index (Phi) is 3.01. The lowest BCUT2D eigenvalue weighted by Crippen LogP contribution is -2.44. The summed E-state index contributed by atoms with van der Waals surface area (Å²) in [6.07, 6.45) is 3.95. The molecule has 0 aromatic heterocycles. The van der Waals surface area contributed by atoms with Crippen LogP contribution in [0.1, 0.15) is 40.0 Å². The second-order valence-electron chi connectivity index (χ2n) is 5.32. The average molecular weight is 210 g/mol. The Hall–Kier alpha value is -0.570. The predicted molar refractivity (Wildman–Crippen MR) is 60.3 cm³/mol. The van der Waals surface area contributed by atoms with Crippen LogP contribution in [-0.4, -0.2) is 29.6 Å². The Morgan fingerprint density at radius 2 is 2.00 bits per heavy atom. The van der Waals surface area contributed by atoms with Crippen molar-refractivity contribution in [2.24, 2.45) is 11.8 Å². The van der Waals surface area contributed by atoms with Crippen molar-refractivity contribution in [3.8, 4) is 0 Å². The Balaban J connectivity index is 1.96. The molecule has 2 unspecified atom stereocenters. The number of nitrogens with one attached hydrogen (secondary N) is 1. The van der Waals surface area contributed by atoms with Gasteiger partial charge in [-0.25, -0.2) is 0 Å². The minimum atomic E-state index is 0.0486. The zero-order valence-electron chi connectivity index (χ0n) is 9.99. The molecule has 0 spiro atoms. The molecule has 2 rings (SSSR count). The van der Waals surface area contributed by atoms with Crippen molar-refractivity contribution in [3.63, 3.8) is 0 Å². The minimum Gasteiger partial charge on any atom is -0.326 e. The van der Waals surface area contributed by atoms with Gasteiger partial charge in [-0.3, -0.25) is 10.1 Å². The van der Waals surface area contributed by atoms with E-state index in [0.29, 0.717) is 17.9 Å². The molecule has 1 saturated carbocycles. The van der Waals surface area contributed by atoms with Crippen LogP contribution >= 0.6 is 0 Å². The summed E-state index contributed by atoms with van der Waals surface area (Å²) >= 11 is 0. The zero-order chi connectivity index (χ0) is 11.0. The van der Waals surface area contributed by atoms with Crippen molar-refractivity contribution >= 4 is 5.91 Å². The summed E-state index contributed by atoms with van der Waals surface area (Å²) in [5.41, 5.74) is 0. The van der Waals surface area contributed by atoms with Crippen LogP contribution in [0.2, 0.25) is 0 Å². The van der Waals surface area contributed by atoms with E-state index in [4.69, 9.17) is 0 Å². The number of amides is 1. The molecule has 2 aliphatic rings. The third kappa shape index (κ3) is 1.89. The number of carbonyl (C=O) groups excluding carboxylic acids is 1. The van der Waals surface area contributed by atoms with Crippen molar-refractivity contribution in [1.82, 2.24) is 10.2 Å². The SMILES string of the molecule is CC(C)C1NCN(C(C)C2CCC2)C1=O. The van der Waals surface area contributed by atoms with Crippen LogP contribution in [0.15, 0.2) is 0 Å². The van der Waals surface area contributed by atoms with Gasteiger partial charge in [0.2, 0.25) is 5.91 Å². The fourth-order valence-electron chi connectivity index (χ4n) is 2.58. The smallest absolute Gasteiger partial charge is 0.241 e. The van der Waals surface area contributed by atoms with Gasteiger partial charge < -0.3 is 4.90 Å². The summed E-state index contributed by atoms with van der Waals surface area (Å²) in [6, 6.07) is 0.482. The first-order valence-corrected chi connectivity index (χ1v) is 6.15. The van der Waals surface area contributed by atoms with Crippen LogP contribution in [0.3, 0.4) is 0 Å². The monoisotopic (exact) mass is 210 g/mol. The fraction of sp³-hybridized carbons (Fsp3) is 0.917. The van der Waals surface area contributed by atoms with Crippen molar-refractivity contribution in [3.05, 3.63) is 0 Å². The molecule has 1 heterocycles. The lowest BCUT2D eigenvalue weighted by Gasteiger charge is -2.37. The molecule has 0 aromatic rings. The number of nitrogens with zero attached hydrogens (tertiary/aromatic N) is 1. The quantitative estimate of drug-likeness (QED) is 0.767. The molecule has 15 heavy (non-hydrogen) atoms. The largest absolute Gasteiger partial charge is 0.326 e. The number of rotatable bonds is 3. The summed E-state index contributed by atoms with van der Waals surface area (Å²) in [6.45, 7) is 7.16. The van der Waals surface area contributed by atoms with Crippen molar-refractivity contribution < 1.29 is 4.79 Å². The van der Waals surface area contributed by atoms with Gasteiger partial charge in [0.05, 0.1) is 12.7 Å². The van der Waals surface area contributed by atoms with E-state index in [9.17, 15) is 4.79 Å². The highest BCUT2D eigenvalue weighted by Gasteiger charge is 2.39.